The van der Waals surface area contributed by atoms with E-state index >= 15 is 0 Å². The summed E-state index contributed by atoms with van der Waals surface area (Å²) >= 11 is 0. The molecule has 0 fully saturated rings. The van der Waals surface area contributed by atoms with Crippen LogP contribution in [-0.4, -0.2) is 26.3 Å². The number of benzene rings is 1. The molecule has 0 radical (unpaired) electrons. The first-order chi connectivity index (χ1) is 14.6. The Balaban J connectivity index is 3.06. The first-order valence-electron chi connectivity index (χ1n) is 10.9. The minimum Gasteiger partial charge on any atom is -0.331 e. The second-order valence-corrected chi connectivity index (χ2v) is 8.02. The van der Waals surface area contributed by atoms with Crippen molar-refractivity contribution in [1.82, 2.24) is 0 Å². The minimum absolute atomic E-state index is 0.0573. The van der Waals surface area contributed by atoms with Crippen molar-refractivity contribution < 1.29 is 36.2 Å². The van der Waals surface area contributed by atoms with Crippen LogP contribution in [-0.2, 0) is 20.6 Å². The fourth-order valence-corrected chi connectivity index (χ4v) is 3.80. The quantitative estimate of drug-likeness (QED) is 0.0934. The van der Waals surface area contributed by atoms with Crippen LogP contribution in [0.25, 0.3) is 0 Å². The molecule has 0 aromatic heterocycles. The molecule has 0 bridgehead atoms. The van der Waals surface area contributed by atoms with Crippen LogP contribution in [0.1, 0.15) is 77.7 Å². The molecule has 1 unspecified atom stereocenters. The smallest absolute Gasteiger partial charge is 0.285 e. The zero-order valence-electron chi connectivity index (χ0n) is 19.1. The molecule has 0 saturated carbocycles. The third-order valence-electron chi connectivity index (χ3n) is 5.42. The predicted molar refractivity (Wildman–Crippen MR) is 109 cm³/mol. The summed E-state index contributed by atoms with van der Waals surface area (Å²) in [5, 5.41) is 0. The lowest BCUT2D eigenvalue weighted by Crippen LogP contribution is -2.46. The molecule has 8 heteroatoms. The number of ether oxygens (including phenoxy) is 3. The largest absolute Gasteiger partial charge is 0.331 e. The van der Waals surface area contributed by atoms with Gasteiger partial charge in [0.05, 0.1) is 6.10 Å². The Bertz CT molecular complexity index is 649. The Labute approximate surface area is 182 Å². The molecule has 0 aliphatic heterocycles. The molecule has 1 atom stereocenters. The maximum atomic E-state index is 14.1. The normalized spacial score (nSPS) is 13.3. The highest BCUT2D eigenvalue weighted by Crippen LogP contribution is 2.35. The molecule has 0 aliphatic carbocycles. The summed E-state index contributed by atoms with van der Waals surface area (Å²) in [6, 6.07) is 0. The van der Waals surface area contributed by atoms with E-state index in [0.717, 1.165) is 38.5 Å². The molecule has 3 nitrogen and oxygen atoms in total. The van der Waals surface area contributed by atoms with Crippen molar-refractivity contribution >= 4 is 0 Å². The molecule has 0 spiro atoms. The van der Waals surface area contributed by atoms with Crippen LogP contribution < -0.4 is 0 Å². The highest BCUT2D eigenvalue weighted by Gasteiger charge is 2.41. The van der Waals surface area contributed by atoms with Gasteiger partial charge in [-0.05, 0) is 33.1 Å². The molecule has 0 aliphatic rings. The monoisotopic (exact) mass is 454 g/mol. The lowest BCUT2D eigenvalue weighted by molar-refractivity contribution is -0.399. The van der Waals surface area contributed by atoms with Crippen molar-refractivity contribution in [1.29, 1.82) is 0 Å². The number of rotatable bonds is 15. The summed E-state index contributed by atoms with van der Waals surface area (Å²) in [4.78, 5) is 0. The second-order valence-electron chi connectivity index (χ2n) is 8.02. The maximum Gasteiger partial charge on any atom is 0.285 e. The van der Waals surface area contributed by atoms with Crippen LogP contribution in [0.3, 0.4) is 0 Å². The van der Waals surface area contributed by atoms with E-state index in [1.165, 1.54) is 14.2 Å². The van der Waals surface area contributed by atoms with Gasteiger partial charge in [-0.3, -0.25) is 0 Å². The Morgan fingerprint density at radius 2 is 1.19 bits per heavy atom. The summed E-state index contributed by atoms with van der Waals surface area (Å²) < 4.78 is 85.7. The molecule has 1 aromatic carbocycles. The van der Waals surface area contributed by atoms with Gasteiger partial charge in [-0.15, -0.1) is 0 Å². The molecule has 0 amide bonds. The molecule has 180 valence electrons. The minimum atomic E-state index is -2.16. The zero-order valence-corrected chi connectivity index (χ0v) is 19.1. The third kappa shape index (κ3) is 7.39. The summed E-state index contributed by atoms with van der Waals surface area (Å²) in [7, 11) is 2.80. The zero-order chi connectivity index (χ0) is 23.6. The molecule has 0 N–H and O–H groups in total. The first kappa shape index (κ1) is 27.8. The lowest BCUT2D eigenvalue weighted by atomic mass is 9.90. The van der Waals surface area contributed by atoms with Gasteiger partial charge in [0, 0.05) is 25.7 Å². The van der Waals surface area contributed by atoms with Gasteiger partial charge < -0.3 is 14.2 Å². The number of hydrogen-bond donors (Lipinski definition) is 0. The van der Waals surface area contributed by atoms with Crippen molar-refractivity contribution in [3.63, 3.8) is 0 Å². The Morgan fingerprint density at radius 3 is 1.68 bits per heavy atom. The number of halogens is 5. The van der Waals surface area contributed by atoms with Crippen molar-refractivity contribution in [2.45, 2.75) is 90.6 Å². The molecule has 0 saturated heterocycles. The molecule has 1 aromatic rings. The van der Waals surface area contributed by atoms with E-state index in [4.69, 9.17) is 14.2 Å². The van der Waals surface area contributed by atoms with Crippen LogP contribution >= 0.6 is 0 Å². The van der Waals surface area contributed by atoms with Crippen molar-refractivity contribution in [3.8, 4) is 0 Å². The van der Waals surface area contributed by atoms with Gasteiger partial charge in [-0.25, -0.2) is 22.0 Å². The van der Waals surface area contributed by atoms with Crippen molar-refractivity contribution in [2.75, 3.05) is 14.2 Å². The summed E-state index contributed by atoms with van der Waals surface area (Å²) in [6.07, 6.45) is 6.15. The average molecular weight is 455 g/mol. The number of methoxy groups -OCH3 is 2. The van der Waals surface area contributed by atoms with E-state index in [1.807, 2.05) is 0 Å². The third-order valence-corrected chi connectivity index (χ3v) is 5.42. The van der Waals surface area contributed by atoms with Crippen molar-refractivity contribution in [3.05, 3.63) is 34.6 Å². The number of hydrogen-bond acceptors (Lipinski definition) is 3. The van der Waals surface area contributed by atoms with Gasteiger partial charge in [0.2, 0.25) is 5.82 Å². The van der Waals surface area contributed by atoms with Gasteiger partial charge in [-0.2, -0.15) is 0 Å². The molecular formula is C23H35F5O3. The van der Waals surface area contributed by atoms with Gasteiger partial charge in [0.1, 0.15) is 0 Å². The van der Waals surface area contributed by atoms with Gasteiger partial charge in [0.15, 0.2) is 23.3 Å². The highest BCUT2D eigenvalue weighted by atomic mass is 19.2. The SMILES string of the molecule is CCCCCCCCC(CCc1c(F)c(F)c(F)c(F)c1F)C(OC)(OC)OC(C)C. The van der Waals surface area contributed by atoms with Crippen LogP contribution in [0, 0.1) is 35.0 Å². The summed E-state index contributed by atoms with van der Waals surface area (Å²) in [5.74, 6) is -11.6. The fourth-order valence-electron chi connectivity index (χ4n) is 3.80. The van der Waals surface area contributed by atoms with E-state index in [9.17, 15) is 22.0 Å². The highest BCUT2D eigenvalue weighted by molar-refractivity contribution is 5.24. The first-order valence-corrected chi connectivity index (χ1v) is 10.9. The van der Waals surface area contributed by atoms with E-state index in [-0.39, 0.29) is 18.9 Å². The topological polar surface area (TPSA) is 27.7 Å². The Kier molecular flexibility index (Phi) is 11.9. The van der Waals surface area contributed by atoms with E-state index in [2.05, 4.69) is 6.92 Å². The second kappa shape index (κ2) is 13.3. The standard InChI is InChI=1S/C23H35F5O3/c1-6-7-8-9-10-11-12-16(23(29-4,30-5)31-15(2)3)13-14-17-18(24)20(26)22(28)21(27)19(17)25/h15-16H,6-14H2,1-5H3. The number of unbranched alkanes of at least 4 members (excludes halogenated alkanes) is 5. The maximum absolute atomic E-state index is 14.1. The summed E-state index contributed by atoms with van der Waals surface area (Å²) in [6.45, 7) is 5.71. The lowest BCUT2D eigenvalue weighted by Gasteiger charge is -2.39. The summed E-state index contributed by atoms with van der Waals surface area (Å²) in [5.41, 5.74) is -0.838. The van der Waals surface area contributed by atoms with Crippen LogP contribution in [0.15, 0.2) is 0 Å². The molecule has 0 heterocycles. The van der Waals surface area contributed by atoms with Crippen LogP contribution in [0.5, 0.6) is 0 Å². The van der Waals surface area contributed by atoms with Crippen LogP contribution in [0.2, 0.25) is 0 Å². The van der Waals surface area contributed by atoms with Crippen LogP contribution in [0.4, 0.5) is 22.0 Å². The molecule has 1 rings (SSSR count). The molecular weight excluding hydrogens is 419 g/mol. The van der Waals surface area contributed by atoms with Gasteiger partial charge in [-0.1, -0.05) is 45.4 Å². The fraction of sp³-hybridized carbons (Fsp3) is 0.739. The van der Waals surface area contributed by atoms with Gasteiger partial charge >= 0.3 is 0 Å². The van der Waals surface area contributed by atoms with E-state index < -0.39 is 46.5 Å². The Hall–Kier alpha value is -1.25. The van der Waals surface area contributed by atoms with Gasteiger partial charge in [0.25, 0.3) is 5.97 Å². The average Bonchev–Trinajstić information content (AvgIpc) is 2.75. The predicted octanol–water partition coefficient (Wildman–Crippen LogP) is 7.05. The van der Waals surface area contributed by atoms with E-state index in [0.29, 0.717) is 6.42 Å². The Morgan fingerprint density at radius 1 is 0.710 bits per heavy atom. The van der Waals surface area contributed by atoms with E-state index in [1.54, 1.807) is 13.8 Å². The van der Waals surface area contributed by atoms with Crippen molar-refractivity contribution in [2.24, 2.45) is 5.92 Å². The molecule has 31 heavy (non-hydrogen) atoms.